The van der Waals surface area contributed by atoms with Crippen molar-refractivity contribution in [2.24, 2.45) is 0 Å². The fourth-order valence-electron chi connectivity index (χ4n) is 3.08. The van der Waals surface area contributed by atoms with Crippen LogP contribution >= 0.6 is 0 Å². The number of aromatic nitrogens is 2. The summed E-state index contributed by atoms with van der Waals surface area (Å²) in [5, 5.41) is 3.00. The average Bonchev–Trinajstić information content (AvgIpc) is 2.53. The van der Waals surface area contributed by atoms with E-state index in [0.29, 0.717) is 18.2 Å². The number of nitrogens with two attached hydrogens (primary N) is 1. The molecule has 0 unspecified atom stereocenters. The number of aryl methyl sites for hydroxylation is 1. The highest BCUT2D eigenvalue weighted by molar-refractivity contribution is 5.89. The molecule has 126 valence electrons. The molecule has 3 N–H and O–H groups in total. The fourth-order valence-corrected chi connectivity index (χ4v) is 3.08. The number of anilines is 1. The number of hydrogen-bond donors (Lipinski definition) is 2. The minimum atomic E-state index is -0.452. The van der Waals surface area contributed by atoms with E-state index in [-0.39, 0.29) is 5.91 Å². The molecule has 24 heavy (non-hydrogen) atoms. The van der Waals surface area contributed by atoms with Gasteiger partial charge in [0.25, 0.3) is 0 Å². The summed E-state index contributed by atoms with van der Waals surface area (Å²) in [4.78, 5) is 21.1. The Morgan fingerprint density at radius 1 is 1.33 bits per heavy atom. The van der Waals surface area contributed by atoms with E-state index < -0.39 is 5.41 Å². The molecule has 3 rings (SSSR count). The first-order valence-electron chi connectivity index (χ1n) is 8.06. The molecule has 0 spiro atoms. The van der Waals surface area contributed by atoms with Crippen LogP contribution in [0.1, 0.15) is 36.2 Å². The lowest BCUT2D eigenvalue weighted by Crippen LogP contribution is -2.49. The monoisotopic (exact) mass is 326 g/mol. The Kier molecular flexibility index (Phi) is 4.38. The number of benzene rings is 1. The topological polar surface area (TPSA) is 90.1 Å². The van der Waals surface area contributed by atoms with E-state index in [1.165, 1.54) is 0 Å². The second-order valence-electron chi connectivity index (χ2n) is 6.17. The Balaban J connectivity index is 1.74. The zero-order valence-electron chi connectivity index (χ0n) is 14.0. The summed E-state index contributed by atoms with van der Waals surface area (Å²) in [6.45, 7) is 2.12. The molecule has 0 radical (unpaired) electrons. The lowest BCUT2D eigenvalue weighted by atomic mass is 9.64. The molecule has 1 aromatic carbocycles. The number of ether oxygens (including phenoxy) is 1. The maximum Gasteiger partial charge on any atom is 0.230 e. The summed E-state index contributed by atoms with van der Waals surface area (Å²) in [6.07, 6.45) is 4.42. The zero-order valence-corrected chi connectivity index (χ0v) is 14.0. The van der Waals surface area contributed by atoms with Crippen molar-refractivity contribution >= 4 is 11.7 Å². The molecule has 0 atom stereocenters. The summed E-state index contributed by atoms with van der Waals surface area (Å²) >= 11 is 0. The van der Waals surface area contributed by atoms with Crippen molar-refractivity contribution in [2.75, 3.05) is 12.8 Å². The molecule has 1 amide bonds. The van der Waals surface area contributed by atoms with E-state index in [9.17, 15) is 4.79 Å². The van der Waals surface area contributed by atoms with Gasteiger partial charge in [-0.1, -0.05) is 18.6 Å². The van der Waals surface area contributed by atoms with Gasteiger partial charge in [0.05, 0.1) is 12.5 Å². The molecule has 6 heteroatoms. The quantitative estimate of drug-likeness (QED) is 0.878. The van der Waals surface area contributed by atoms with Crippen LogP contribution in [-0.2, 0) is 16.8 Å². The molecule has 0 aliphatic heterocycles. The fraction of sp³-hybridized carbons (Fsp3) is 0.389. The summed E-state index contributed by atoms with van der Waals surface area (Å²) < 4.78 is 5.19. The van der Waals surface area contributed by atoms with Gasteiger partial charge in [-0.05, 0) is 37.5 Å². The SMILES string of the molecule is COc1ccc(C2(C(=O)NCc3cnc(C)nc3N)CCC2)cc1. The van der Waals surface area contributed by atoms with E-state index in [1.54, 1.807) is 20.2 Å². The zero-order chi connectivity index (χ0) is 17.2. The van der Waals surface area contributed by atoms with Crippen molar-refractivity contribution in [1.29, 1.82) is 0 Å². The maximum atomic E-state index is 12.8. The molecular formula is C18H22N4O2. The third kappa shape index (κ3) is 2.91. The minimum Gasteiger partial charge on any atom is -0.497 e. The highest BCUT2D eigenvalue weighted by Crippen LogP contribution is 2.44. The first-order valence-corrected chi connectivity index (χ1v) is 8.06. The number of hydrogen-bond acceptors (Lipinski definition) is 5. The van der Waals surface area contributed by atoms with Gasteiger partial charge in [-0.2, -0.15) is 0 Å². The largest absolute Gasteiger partial charge is 0.497 e. The molecule has 6 nitrogen and oxygen atoms in total. The van der Waals surface area contributed by atoms with E-state index in [2.05, 4.69) is 15.3 Å². The van der Waals surface area contributed by atoms with Gasteiger partial charge < -0.3 is 15.8 Å². The van der Waals surface area contributed by atoms with Crippen LogP contribution < -0.4 is 15.8 Å². The van der Waals surface area contributed by atoms with Gasteiger partial charge in [0.2, 0.25) is 5.91 Å². The Bertz CT molecular complexity index is 739. The van der Waals surface area contributed by atoms with E-state index in [0.717, 1.165) is 36.1 Å². The number of nitrogens with one attached hydrogen (secondary N) is 1. The second kappa shape index (κ2) is 6.47. The Morgan fingerprint density at radius 3 is 2.58 bits per heavy atom. The molecule has 1 saturated carbocycles. The van der Waals surface area contributed by atoms with Crippen LogP contribution in [0.25, 0.3) is 0 Å². The summed E-state index contributed by atoms with van der Waals surface area (Å²) in [5.41, 5.74) is 7.20. The summed E-state index contributed by atoms with van der Waals surface area (Å²) in [7, 11) is 1.63. The van der Waals surface area contributed by atoms with Crippen LogP contribution in [0.3, 0.4) is 0 Å². The molecule has 1 heterocycles. The maximum absolute atomic E-state index is 12.8. The van der Waals surface area contributed by atoms with E-state index in [4.69, 9.17) is 10.5 Å². The van der Waals surface area contributed by atoms with Crippen molar-refractivity contribution in [3.8, 4) is 5.75 Å². The normalized spacial score (nSPS) is 15.4. The summed E-state index contributed by atoms with van der Waals surface area (Å²) in [5.74, 6) is 1.85. The number of rotatable bonds is 5. The smallest absolute Gasteiger partial charge is 0.230 e. The molecule has 1 fully saturated rings. The van der Waals surface area contributed by atoms with Gasteiger partial charge in [0, 0.05) is 18.3 Å². The second-order valence-corrected chi connectivity index (χ2v) is 6.17. The van der Waals surface area contributed by atoms with Crippen molar-refractivity contribution in [3.05, 3.63) is 47.4 Å². The van der Waals surface area contributed by atoms with Gasteiger partial charge in [-0.15, -0.1) is 0 Å². The van der Waals surface area contributed by atoms with Crippen LogP contribution in [0.15, 0.2) is 30.5 Å². The highest BCUT2D eigenvalue weighted by Gasteiger charge is 2.45. The molecule has 0 saturated heterocycles. The third-order valence-corrected chi connectivity index (χ3v) is 4.74. The van der Waals surface area contributed by atoms with Crippen LogP contribution in [0, 0.1) is 6.92 Å². The standard InChI is InChI=1S/C18H22N4O2/c1-12-20-10-13(16(19)22-12)11-21-17(23)18(8-3-9-18)14-4-6-15(24-2)7-5-14/h4-7,10H,3,8-9,11H2,1-2H3,(H,21,23)(H2,19,20,22). The van der Waals surface area contributed by atoms with Gasteiger partial charge in [0.1, 0.15) is 17.4 Å². The molecule has 1 aromatic heterocycles. The number of amides is 1. The third-order valence-electron chi connectivity index (χ3n) is 4.74. The van der Waals surface area contributed by atoms with Crippen LogP contribution in [0.4, 0.5) is 5.82 Å². The van der Waals surface area contributed by atoms with Gasteiger partial charge in [-0.3, -0.25) is 4.79 Å². The van der Waals surface area contributed by atoms with Gasteiger partial charge in [-0.25, -0.2) is 9.97 Å². The van der Waals surface area contributed by atoms with Crippen molar-refractivity contribution in [2.45, 2.75) is 38.1 Å². The van der Waals surface area contributed by atoms with Gasteiger partial charge >= 0.3 is 0 Å². The predicted molar refractivity (Wildman–Crippen MR) is 91.6 cm³/mol. The number of methoxy groups -OCH3 is 1. The van der Waals surface area contributed by atoms with Gasteiger partial charge in [0.15, 0.2) is 0 Å². The molecular weight excluding hydrogens is 304 g/mol. The molecule has 1 aliphatic rings. The molecule has 2 aromatic rings. The Labute approximate surface area is 141 Å². The van der Waals surface area contributed by atoms with Crippen molar-refractivity contribution in [1.82, 2.24) is 15.3 Å². The van der Waals surface area contributed by atoms with Crippen LogP contribution in [0.5, 0.6) is 5.75 Å². The highest BCUT2D eigenvalue weighted by atomic mass is 16.5. The predicted octanol–water partition coefficient (Wildman–Crippen LogP) is 2.11. The minimum absolute atomic E-state index is 0.0268. The lowest BCUT2D eigenvalue weighted by molar-refractivity contribution is -0.130. The summed E-state index contributed by atoms with van der Waals surface area (Å²) in [6, 6.07) is 7.74. The Hall–Kier alpha value is -2.63. The number of carbonyl (C=O) groups is 1. The number of carbonyl (C=O) groups excluding carboxylic acids is 1. The Morgan fingerprint density at radius 2 is 2.04 bits per heavy atom. The number of nitrogen functional groups attached to an aromatic ring is 1. The van der Waals surface area contributed by atoms with Crippen molar-refractivity contribution < 1.29 is 9.53 Å². The molecule has 0 bridgehead atoms. The first kappa shape index (κ1) is 16.2. The van der Waals surface area contributed by atoms with E-state index >= 15 is 0 Å². The lowest BCUT2D eigenvalue weighted by Gasteiger charge is -2.40. The average molecular weight is 326 g/mol. The van der Waals surface area contributed by atoms with E-state index in [1.807, 2.05) is 24.3 Å². The molecule has 1 aliphatic carbocycles. The number of nitrogens with zero attached hydrogens (tertiary/aromatic N) is 2. The van der Waals surface area contributed by atoms with Crippen molar-refractivity contribution in [3.63, 3.8) is 0 Å². The van der Waals surface area contributed by atoms with Crippen LogP contribution in [-0.4, -0.2) is 23.0 Å². The first-order chi connectivity index (χ1) is 11.5. The van der Waals surface area contributed by atoms with Crippen LogP contribution in [0.2, 0.25) is 0 Å².